The molecule has 0 unspecified atom stereocenters. The predicted molar refractivity (Wildman–Crippen MR) is 129 cm³/mol. The number of nitrogens with one attached hydrogen (secondary N) is 2. The maximum atomic E-state index is 5.25. The summed E-state index contributed by atoms with van der Waals surface area (Å²) >= 11 is 0. The molecule has 2 aromatic carbocycles. The highest BCUT2D eigenvalue weighted by Gasteiger charge is 2.13. The number of aromatic nitrogens is 4. The van der Waals surface area contributed by atoms with Crippen LogP contribution in [0.15, 0.2) is 60.9 Å². The van der Waals surface area contributed by atoms with Crippen molar-refractivity contribution in [2.75, 3.05) is 17.7 Å². The molecule has 7 nitrogen and oxygen atoms in total. The Morgan fingerprint density at radius 3 is 2.38 bits per heavy atom. The molecule has 32 heavy (non-hydrogen) atoms. The molecule has 0 radical (unpaired) electrons. The molecule has 0 saturated heterocycles. The minimum Gasteiger partial charge on any atom is -0.497 e. The molecule has 0 amide bonds. The van der Waals surface area contributed by atoms with Gasteiger partial charge in [0, 0.05) is 19.6 Å². The van der Waals surface area contributed by atoms with E-state index in [1.54, 1.807) is 7.11 Å². The second-order valence-corrected chi connectivity index (χ2v) is 7.75. The number of fused-ring (bicyclic) bond motifs is 1. The quantitative estimate of drug-likeness (QED) is 0.317. The summed E-state index contributed by atoms with van der Waals surface area (Å²) in [4.78, 5) is 14.2. The first-order valence-corrected chi connectivity index (χ1v) is 11.1. The van der Waals surface area contributed by atoms with Gasteiger partial charge >= 0.3 is 0 Å². The number of ether oxygens (including phenoxy) is 1. The van der Waals surface area contributed by atoms with Gasteiger partial charge < -0.3 is 19.9 Å². The number of hydrogen-bond acceptors (Lipinski definition) is 6. The molecule has 0 atom stereocenters. The van der Waals surface area contributed by atoms with Gasteiger partial charge in [0.15, 0.2) is 17.0 Å². The number of benzene rings is 2. The molecule has 4 aromatic rings. The maximum absolute atomic E-state index is 5.25. The third-order valence-electron chi connectivity index (χ3n) is 5.38. The van der Waals surface area contributed by atoms with Gasteiger partial charge in [0.05, 0.1) is 13.4 Å². The van der Waals surface area contributed by atoms with E-state index in [1.807, 2.05) is 48.8 Å². The summed E-state index contributed by atoms with van der Waals surface area (Å²) in [5, 5.41) is 6.82. The van der Waals surface area contributed by atoms with Crippen LogP contribution in [0.1, 0.15) is 37.3 Å². The average Bonchev–Trinajstić information content (AvgIpc) is 3.25. The standard InChI is InChI=1S/C25H30N6O/c1-3-4-8-15-31-18-28-22-23(26-16-20-11-13-21(32-2)14-12-20)29-25(30-24(22)31)27-17-19-9-6-5-7-10-19/h5-7,9-14,18H,3-4,8,15-17H2,1-2H3,(H2,26,27,29,30). The molecule has 0 aliphatic heterocycles. The summed E-state index contributed by atoms with van der Waals surface area (Å²) in [5.74, 6) is 2.17. The SMILES string of the molecule is CCCCCn1cnc2c(NCc3ccc(OC)cc3)nc(NCc3ccccc3)nc21. The monoisotopic (exact) mass is 430 g/mol. The number of unbranched alkanes of at least 4 members (excludes halogenated alkanes) is 2. The fourth-order valence-corrected chi connectivity index (χ4v) is 3.55. The van der Waals surface area contributed by atoms with Crippen molar-refractivity contribution in [3.63, 3.8) is 0 Å². The summed E-state index contributed by atoms with van der Waals surface area (Å²) in [6, 6.07) is 18.3. The number of nitrogens with zero attached hydrogens (tertiary/aromatic N) is 4. The number of anilines is 2. The Labute approximate surface area is 188 Å². The second-order valence-electron chi connectivity index (χ2n) is 7.75. The Kier molecular flexibility index (Phi) is 7.17. The molecule has 4 rings (SSSR count). The van der Waals surface area contributed by atoms with Gasteiger partial charge in [-0.3, -0.25) is 0 Å². The second kappa shape index (κ2) is 10.6. The minimum atomic E-state index is 0.593. The van der Waals surface area contributed by atoms with Crippen LogP contribution in [0.5, 0.6) is 5.75 Å². The number of methoxy groups -OCH3 is 1. The number of imidazole rings is 1. The zero-order chi connectivity index (χ0) is 22.2. The lowest BCUT2D eigenvalue weighted by Gasteiger charge is -2.11. The van der Waals surface area contributed by atoms with Gasteiger partial charge in [-0.1, -0.05) is 62.2 Å². The molecule has 0 aliphatic rings. The molecular weight excluding hydrogens is 400 g/mol. The Bertz CT molecular complexity index is 1120. The summed E-state index contributed by atoms with van der Waals surface area (Å²) in [5.41, 5.74) is 3.96. The molecule has 0 spiro atoms. The van der Waals surface area contributed by atoms with Crippen molar-refractivity contribution < 1.29 is 4.74 Å². The van der Waals surface area contributed by atoms with E-state index >= 15 is 0 Å². The third kappa shape index (κ3) is 5.35. The van der Waals surface area contributed by atoms with Crippen molar-refractivity contribution in [3.05, 3.63) is 72.1 Å². The van der Waals surface area contributed by atoms with Gasteiger partial charge in [0.1, 0.15) is 5.75 Å². The van der Waals surface area contributed by atoms with Crippen molar-refractivity contribution >= 4 is 22.9 Å². The number of rotatable bonds is 11. The first kappa shape index (κ1) is 21.6. The van der Waals surface area contributed by atoms with Crippen molar-refractivity contribution in [1.82, 2.24) is 19.5 Å². The van der Waals surface area contributed by atoms with E-state index in [0.29, 0.717) is 19.0 Å². The maximum Gasteiger partial charge on any atom is 0.227 e. The van der Waals surface area contributed by atoms with Crippen LogP contribution in [-0.4, -0.2) is 26.6 Å². The zero-order valence-corrected chi connectivity index (χ0v) is 18.7. The van der Waals surface area contributed by atoms with E-state index in [2.05, 4.69) is 39.2 Å². The largest absolute Gasteiger partial charge is 0.497 e. The molecule has 0 aliphatic carbocycles. The van der Waals surface area contributed by atoms with Crippen LogP contribution in [-0.2, 0) is 19.6 Å². The number of hydrogen-bond donors (Lipinski definition) is 2. The van der Waals surface area contributed by atoms with E-state index in [-0.39, 0.29) is 0 Å². The highest BCUT2D eigenvalue weighted by Crippen LogP contribution is 2.23. The third-order valence-corrected chi connectivity index (χ3v) is 5.38. The van der Waals surface area contributed by atoms with E-state index in [1.165, 1.54) is 18.4 Å². The predicted octanol–water partition coefficient (Wildman–Crippen LogP) is 5.25. The normalized spacial score (nSPS) is 10.9. The van der Waals surface area contributed by atoms with Crippen LogP contribution < -0.4 is 15.4 Å². The van der Waals surface area contributed by atoms with Gasteiger partial charge in [-0.2, -0.15) is 9.97 Å². The van der Waals surface area contributed by atoms with Gasteiger partial charge in [0.2, 0.25) is 5.95 Å². The molecule has 0 fully saturated rings. The molecule has 2 heterocycles. The van der Waals surface area contributed by atoms with Crippen LogP contribution in [0.25, 0.3) is 11.2 Å². The minimum absolute atomic E-state index is 0.593. The van der Waals surface area contributed by atoms with E-state index in [0.717, 1.165) is 41.3 Å². The van der Waals surface area contributed by atoms with Crippen LogP contribution in [0.2, 0.25) is 0 Å². The topological polar surface area (TPSA) is 76.9 Å². The van der Waals surface area contributed by atoms with E-state index in [4.69, 9.17) is 14.7 Å². The lowest BCUT2D eigenvalue weighted by atomic mass is 10.2. The molecular formula is C25H30N6O. The lowest BCUT2D eigenvalue weighted by Crippen LogP contribution is -2.09. The van der Waals surface area contributed by atoms with Gasteiger partial charge in [0.25, 0.3) is 0 Å². The Morgan fingerprint density at radius 1 is 0.875 bits per heavy atom. The van der Waals surface area contributed by atoms with E-state index in [9.17, 15) is 0 Å². The first-order chi connectivity index (χ1) is 15.8. The smallest absolute Gasteiger partial charge is 0.227 e. The molecule has 0 bridgehead atoms. The van der Waals surface area contributed by atoms with E-state index < -0.39 is 0 Å². The van der Waals surface area contributed by atoms with Crippen LogP contribution in [0.4, 0.5) is 11.8 Å². The van der Waals surface area contributed by atoms with Crippen molar-refractivity contribution in [1.29, 1.82) is 0 Å². The molecule has 166 valence electrons. The van der Waals surface area contributed by atoms with Crippen LogP contribution >= 0.6 is 0 Å². The Morgan fingerprint density at radius 2 is 1.62 bits per heavy atom. The highest BCUT2D eigenvalue weighted by atomic mass is 16.5. The Hall–Kier alpha value is -3.61. The van der Waals surface area contributed by atoms with Crippen molar-refractivity contribution in [3.8, 4) is 5.75 Å². The average molecular weight is 431 g/mol. The first-order valence-electron chi connectivity index (χ1n) is 11.1. The summed E-state index contributed by atoms with van der Waals surface area (Å²) in [6.45, 7) is 4.41. The van der Waals surface area contributed by atoms with Crippen LogP contribution in [0, 0.1) is 0 Å². The fourth-order valence-electron chi connectivity index (χ4n) is 3.55. The fraction of sp³-hybridized carbons (Fsp3) is 0.320. The van der Waals surface area contributed by atoms with Gasteiger partial charge in [-0.25, -0.2) is 4.98 Å². The van der Waals surface area contributed by atoms with Gasteiger partial charge in [-0.05, 0) is 29.7 Å². The van der Waals surface area contributed by atoms with Gasteiger partial charge in [-0.15, -0.1) is 0 Å². The summed E-state index contributed by atoms with van der Waals surface area (Å²) < 4.78 is 7.37. The highest BCUT2D eigenvalue weighted by molar-refractivity contribution is 5.84. The zero-order valence-electron chi connectivity index (χ0n) is 18.7. The molecule has 2 aromatic heterocycles. The molecule has 2 N–H and O–H groups in total. The number of aryl methyl sites for hydroxylation is 1. The summed E-state index contributed by atoms with van der Waals surface area (Å²) in [7, 11) is 1.67. The molecule has 0 saturated carbocycles. The van der Waals surface area contributed by atoms with Crippen LogP contribution in [0.3, 0.4) is 0 Å². The Balaban J connectivity index is 1.57. The van der Waals surface area contributed by atoms with Crippen molar-refractivity contribution in [2.24, 2.45) is 0 Å². The summed E-state index contributed by atoms with van der Waals surface area (Å²) in [6.07, 6.45) is 5.34. The lowest BCUT2D eigenvalue weighted by molar-refractivity contribution is 0.414. The molecule has 7 heteroatoms. The van der Waals surface area contributed by atoms with Crippen molar-refractivity contribution in [2.45, 2.75) is 45.8 Å².